The summed E-state index contributed by atoms with van der Waals surface area (Å²) in [5.41, 5.74) is 2.93. The van der Waals surface area contributed by atoms with Gasteiger partial charge in [-0.25, -0.2) is 5.43 Å². The van der Waals surface area contributed by atoms with Crippen LogP contribution in [0, 0.1) is 0 Å². The number of carbonyl (C=O) groups excluding carboxylic acids is 1. The largest absolute Gasteiger partial charge is 0.483 e. The molecule has 25 heavy (non-hydrogen) atoms. The Morgan fingerprint density at radius 3 is 2.48 bits per heavy atom. The van der Waals surface area contributed by atoms with Crippen LogP contribution in [0.2, 0.25) is 10.0 Å². The highest BCUT2D eigenvalue weighted by Crippen LogP contribution is 2.25. The minimum atomic E-state index is -0.382. The quantitative estimate of drug-likeness (QED) is 0.522. The first-order valence-electron chi connectivity index (χ1n) is 7.51. The topological polar surface area (TPSA) is 50.7 Å². The van der Waals surface area contributed by atoms with Gasteiger partial charge in [-0.2, -0.15) is 5.10 Å². The van der Waals surface area contributed by atoms with Crippen LogP contribution in [0.3, 0.4) is 0 Å². The van der Waals surface area contributed by atoms with Gasteiger partial charge in [0.05, 0.1) is 16.3 Å². The second-order valence-corrected chi connectivity index (χ2v) is 6.01. The number of amides is 1. The van der Waals surface area contributed by atoms with Crippen molar-refractivity contribution in [3.63, 3.8) is 0 Å². The molecule has 0 unspecified atom stereocenters. The molecule has 0 radical (unpaired) electrons. The van der Waals surface area contributed by atoms with Crippen LogP contribution in [-0.2, 0) is 4.79 Å². The molecule has 0 atom stereocenters. The molecule has 6 heteroatoms. The number of rotatable bonds is 5. The Morgan fingerprint density at radius 2 is 1.68 bits per heavy atom. The van der Waals surface area contributed by atoms with Gasteiger partial charge in [-0.05, 0) is 23.6 Å². The summed E-state index contributed by atoms with van der Waals surface area (Å²) in [5.74, 6) is 0.263. The Morgan fingerprint density at radius 1 is 1.00 bits per heavy atom. The van der Waals surface area contributed by atoms with Crippen molar-refractivity contribution in [3.8, 4) is 5.75 Å². The predicted molar refractivity (Wildman–Crippen MR) is 102 cm³/mol. The number of hydrogen-bond donors (Lipinski definition) is 1. The highest BCUT2D eigenvalue weighted by atomic mass is 35.5. The average molecular weight is 373 g/mol. The molecule has 0 aliphatic rings. The lowest BCUT2D eigenvalue weighted by atomic mass is 10.1. The van der Waals surface area contributed by atoms with E-state index in [4.69, 9.17) is 27.9 Å². The molecule has 3 aromatic rings. The normalized spacial score (nSPS) is 11.0. The fourth-order valence-electron chi connectivity index (χ4n) is 2.30. The van der Waals surface area contributed by atoms with Crippen molar-refractivity contribution in [2.75, 3.05) is 6.61 Å². The molecule has 0 heterocycles. The first-order chi connectivity index (χ1) is 12.1. The van der Waals surface area contributed by atoms with Crippen molar-refractivity contribution >= 4 is 46.1 Å². The summed E-state index contributed by atoms with van der Waals surface area (Å²) in [4.78, 5) is 11.9. The number of fused-ring (bicyclic) bond motifs is 1. The standard InChI is InChI=1S/C19H14Cl2N2O2/c20-16-8-4-9-17(21)15(16)11-22-23-19(24)12-25-18-10-3-6-13-5-1-2-7-14(13)18/h1-11H,12H2,(H,23,24)/b22-11-. The summed E-state index contributed by atoms with van der Waals surface area (Å²) >= 11 is 12.1. The van der Waals surface area contributed by atoms with Crippen molar-refractivity contribution < 1.29 is 9.53 Å². The van der Waals surface area contributed by atoms with Gasteiger partial charge in [0.15, 0.2) is 6.61 Å². The maximum Gasteiger partial charge on any atom is 0.277 e. The van der Waals surface area contributed by atoms with Gasteiger partial charge in [-0.15, -0.1) is 0 Å². The van der Waals surface area contributed by atoms with E-state index in [2.05, 4.69) is 10.5 Å². The van der Waals surface area contributed by atoms with E-state index in [9.17, 15) is 4.79 Å². The fourth-order valence-corrected chi connectivity index (χ4v) is 2.80. The smallest absolute Gasteiger partial charge is 0.277 e. The summed E-state index contributed by atoms with van der Waals surface area (Å²) < 4.78 is 5.59. The molecule has 0 spiro atoms. The summed E-state index contributed by atoms with van der Waals surface area (Å²) in [5, 5.41) is 6.77. The third kappa shape index (κ3) is 4.29. The number of hydrazone groups is 1. The van der Waals surface area contributed by atoms with Crippen LogP contribution in [0.5, 0.6) is 5.75 Å². The fraction of sp³-hybridized carbons (Fsp3) is 0.0526. The van der Waals surface area contributed by atoms with Gasteiger partial charge >= 0.3 is 0 Å². The van der Waals surface area contributed by atoms with E-state index in [1.54, 1.807) is 18.2 Å². The highest BCUT2D eigenvalue weighted by Gasteiger charge is 2.06. The van der Waals surface area contributed by atoms with Crippen LogP contribution in [0.4, 0.5) is 0 Å². The van der Waals surface area contributed by atoms with Crippen molar-refractivity contribution in [1.82, 2.24) is 5.43 Å². The molecular weight excluding hydrogens is 359 g/mol. The maximum absolute atomic E-state index is 11.9. The molecular formula is C19H14Cl2N2O2. The lowest BCUT2D eigenvalue weighted by molar-refractivity contribution is -0.123. The molecule has 1 amide bonds. The van der Waals surface area contributed by atoms with Crippen LogP contribution < -0.4 is 10.2 Å². The number of carbonyl (C=O) groups is 1. The van der Waals surface area contributed by atoms with E-state index in [1.165, 1.54) is 6.21 Å². The number of benzene rings is 3. The number of nitrogens with one attached hydrogen (secondary N) is 1. The minimum absolute atomic E-state index is 0.151. The summed E-state index contributed by atoms with van der Waals surface area (Å²) in [6.45, 7) is -0.151. The van der Waals surface area contributed by atoms with Gasteiger partial charge in [0.2, 0.25) is 0 Å². The SMILES string of the molecule is O=C(COc1cccc2ccccc12)N/N=C\c1c(Cl)cccc1Cl. The monoisotopic (exact) mass is 372 g/mol. The molecule has 126 valence electrons. The second-order valence-electron chi connectivity index (χ2n) is 5.19. The van der Waals surface area contributed by atoms with Gasteiger partial charge in [-0.3, -0.25) is 4.79 Å². The Bertz CT molecular complexity index is 916. The van der Waals surface area contributed by atoms with E-state index in [1.807, 2.05) is 42.5 Å². The van der Waals surface area contributed by atoms with Crippen LogP contribution in [-0.4, -0.2) is 18.7 Å². The predicted octanol–water partition coefficient (Wildman–Crippen LogP) is 4.68. The number of ether oxygens (including phenoxy) is 1. The number of hydrogen-bond acceptors (Lipinski definition) is 3. The first kappa shape index (κ1) is 17.3. The summed E-state index contributed by atoms with van der Waals surface area (Å²) in [6.07, 6.45) is 1.40. The summed E-state index contributed by atoms with van der Waals surface area (Å²) in [7, 11) is 0. The van der Waals surface area contributed by atoms with E-state index >= 15 is 0 Å². The zero-order valence-electron chi connectivity index (χ0n) is 13.1. The molecule has 0 saturated carbocycles. The van der Waals surface area contributed by atoms with Crippen LogP contribution in [0.1, 0.15) is 5.56 Å². The maximum atomic E-state index is 11.9. The molecule has 0 fully saturated rings. The lowest BCUT2D eigenvalue weighted by Crippen LogP contribution is -2.24. The third-order valence-electron chi connectivity index (χ3n) is 3.49. The van der Waals surface area contributed by atoms with Crippen molar-refractivity contribution in [2.45, 2.75) is 0 Å². The van der Waals surface area contributed by atoms with Crippen LogP contribution >= 0.6 is 23.2 Å². The highest BCUT2D eigenvalue weighted by molar-refractivity contribution is 6.38. The van der Waals surface area contributed by atoms with Gasteiger partial charge in [-0.1, -0.05) is 65.7 Å². The van der Waals surface area contributed by atoms with Crippen molar-refractivity contribution in [1.29, 1.82) is 0 Å². The van der Waals surface area contributed by atoms with Gasteiger partial charge < -0.3 is 4.74 Å². The molecule has 0 aliphatic carbocycles. The second kappa shape index (κ2) is 8.01. The Kier molecular flexibility index (Phi) is 5.53. The number of halogens is 2. The molecule has 1 N–H and O–H groups in total. The summed E-state index contributed by atoms with van der Waals surface area (Å²) in [6, 6.07) is 18.6. The van der Waals surface area contributed by atoms with E-state index in [-0.39, 0.29) is 12.5 Å². The zero-order chi connectivity index (χ0) is 17.6. The van der Waals surface area contributed by atoms with E-state index in [0.717, 1.165) is 10.8 Å². The van der Waals surface area contributed by atoms with E-state index in [0.29, 0.717) is 21.4 Å². The molecule has 4 nitrogen and oxygen atoms in total. The zero-order valence-corrected chi connectivity index (χ0v) is 14.6. The average Bonchev–Trinajstić information content (AvgIpc) is 2.62. The molecule has 0 saturated heterocycles. The van der Waals surface area contributed by atoms with Crippen LogP contribution in [0.15, 0.2) is 65.8 Å². The minimum Gasteiger partial charge on any atom is -0.483 e. The Labute approximate surface area is 155 Å². The van der Waals surface area contributed by atoms with E-state index < -0.39 is 0 Å². The Hall–Kier alpha value is -2.56. The van der Waals surface area contributed by atoms with Crippen LogP contribution in [0.25, 0.3) is 10.8 Å². The number of nitrogens with zero attached hydrogens (tertiary/aromatic N) is 1. The van der Waals surface area contributed by atoms with Crippen molar-refractivity contribution in [3.05, 3.63) is 76.3 Å². The van der Waals surface area contributed by atoms with Gasteiger partial charge in [0.1, 0.15) is 5.75 Å². The van der Waals surface area contributed by atoms with Crippen molar-refractivity contribution in [2.24, 2.45) is 5.10 Å². The van der Waals surface area contributed by atoms with Gasteiger partial charge in [0.25, 0.3) is 5.91 Å². The molecule has 3 rings (SSSR count). The molecule has 0 aromatic heterocycles. The Balaban J connectivity index is 1.61. The van der Waals surface area contributed by atoms with Gasteiger partial charge in [0, 0.05) is 10.9 Å². The molecule has 0 aliphatic heterocycles. The first-order valence-corrected chi connectivity index (χ1v) is 8.27. The lowest BCUT2D eigenvalue weighted by Gasteiger charge is -2.08. The third-order valence-corrected chi connectivity index (χ3v) is 4.15. The molecule has 3 aromatic carbocycles. The molecule has 0 bridgehead atoms.